The minimum absolute atomic E-state index is 0.000671. The van der Waals surface area contributed by atoms with Gasteiger partial charge < -0.3 is 19.9 Å². The van der Waals surface area contributed by atoms with Crippen LogP contribution in [0.25, 0.3) is 0 Å². The molecule has 1 saturated carbocycles. The van der Waals surface area contributed by atoms with Crippen LogP contribution in [0, 0.1) is 5.41 Å². The van der Waals surface area contributed by atoms with Gasteiger partial charge in [-0.1, -0.05) is 13.8 Å². The predicted octanol–water partition coefficient (Wildman–Crippen LogP) is 2.05. The van der Waals surface area contributed by atoms with Crippen LogP contribution >= 0.6 is 0 Å². The molecule has 1 heterocycles. The van der Waals surface area contributed by atoms with Crippen LogP contribution in [0.15, 0.2) is 12.1 Å². The summed E-state index contributed by atoms with van der Waals surface area (Å²) in [4.78, 5) is 0. The molecule has 0 saturated heterocycles. The Morgan fingerprint density at radius 3 is 2.39 bits per heavy atom. The topological polar surface area (TPSA) is 53.7 Å². The summed E-state index contributed by atoms with van der Waals surface area (Å²) in [6, 6.07) is 3.94. The largest absolute Gasteiger partial charge is 0.496 e. The lowest BCUT2D eigenvalue weighted by Gasteiger charge is -2.22. The van der Waals surface area contributed by atoms with Crippen molar-refractivity contribution in [3.05, 3.63) is 17.7 Å². The lowest BCUT2D eigenvalue weighted by molar-refractivity contribution is 0.174. The van der Waals surface area contributed by atoms with Gasteiger partial charge in [-0.2, -0.15) is 0 Å². The van der Waals surface area contributed by atoms with Gasteiger partial charge in [0, 0.05) is 23.6 Å². The van der Waals surface area contributed by atoms with Crippen LogP contribution in [0.5, 0.6) is 17.2 Å². The molecular formula is C14H19NO3. The minimum Gasteiger partial charge on any atom is -0.496 e. The van der Waals surface area contributed by atoms with Gasteiger partial charge in [0.15, 0.2) is 11.5 Å². The second kappa shape index (κ2) is 3.54. The van der Waals surface area contributed by atoms with E-state index < -0.39 is 0 Å². The number of hydrogen-bond donors (Lipinski definition) is 1. The van der Waals surface area contributed by atoms with Gasteiger partial charge in [-0.05, 0) is 17.9 Å². The third-order valence-corrected chi connectivity index (χ3v) is 4.47. The fraction of sp³-hybridized carbons (Fsp3) is 0.571. The Labute approximate surface area is 107 Å². The van der Waals surface area contributed by atoms with Gasteiger partial charge >= 0.3 is 0 Å². The number of hydrogen-bond acceptors (Lipinski definition) is 4. The molecule has 1 atom stereocenters. The highest BCUT2D eigenvalue weighted by atomic mass is 16.7. The smallest absolute Gasteiger partial charge is 0.231 e. The molecule has 1 aliphatic carbocycles. The maximum absolute atomic E-state index is 6.02. The molecule has 4 heteroatoms. The number of nitrogens with two attached hydrogens (primary N) is 1. The second-order valence-corrected chi connectivity index (χ2v) is 5.75. The molecule has 0 amide bonds. The van der Waals surface area contributed by atoms with E-state index in [9.17, 15) is 0 Å². The molecule has 0 bridgehead atoms. The van der Waals surface area contributed by atoms with E-state index in [2.05, 4.69) is 13.8 Å². The van der Waals surface area contributed by atoms with Crippen molar-refractivity contribution in [1.82, 2.24) is 0 Å². The molecule has 0 radical (unpaired) electrons. The van der Waals surface area contributed by atoms with Crippen molar-refractivity contribution in [2.75, 3.05) is 20.4 Å². The van der Waals surface area contributed by atoms with Crippen molar-refractivity contribution in [2.24, 2.45) is 11.1 Å². The first-order valence-corrected chi connectivity index (χ1v) is 6.22. The maximum atomic E-state index is 6.02. The lowest BCUT2D eigenvalue weighted by Crippen LogP contribution is -2.25. The lowest BCUT2D eigenvalue weighted by atomic mass is 9.87. The Bertz CT molecular complexity index is 498. The summed E-state index contributed by atoms with van der Waals surface area (Å²) in [5, 5.41) is 0. The first kappa shape index (κ1) is 11.7. The molecule has 0 spiro atoms. The standard InChI is InChI=1S/C14H19NO3/c1-13(2)6-14(13,7-15)9-4-11-12(18-8-17-11)5-10(9)16-3/h4-5H,6-8,15H2,1-3H3. The number of ether oxygens (including phenoxy) is 3. The average Bonchev–Trinajstić information content (AvgIpc) is 2.73. The fourth-order valence-electron chi connectivity index (χ4n) is 3.09. The third-order valence-electron chi connectivity index (χ3n) is 4.47. The zero-order valence-electron chi connectivity index (χ0n) is 11.1. The van der Waals surface area contributed by atoms with Gasteiger partial charge in [-0.25, -0.2) is 0 Å². The van der Waals surface area contributed by atoms with Gasteiger partial charge in [0.2, 0.25) is 6.79 Å². The van der Waals surface area contributed by atoms with E-state index in [1.807, 2.05) is 12.1 Å². The van der Waals surface area contributed by atoms with Crippen LogP contribution in [0.4, 0.5) is 0 Å². The van der Waals surface area contributed by atoms with E-state index in [1.165, 1.54) is 0 Å². The van der Waals surface area contributed by atoms with Crippen LogP contribution in [0.1, 0.15) is 25.8 Å². The molecular weight excluding hydrogens is 230 g/mol. The van der Waals surface area contributed by atoms with Crippen LogP contribution in [-0.4, -0.2) is 20.4 Å². The number of rotatable bonds is 3. The van der Waals surface area contributed by atoms with Gasteiger partial charge in [-0.15, -0.1) is 0 Å². The number of fused-ring (bicyclic) bond motifs is 1. The van der Waals surface area contributed by atoms with E-state index in [-0.39, 0.29) is 17.6 Å². The summed E-state index contributed by atoms with van der Waals surface area (Å²) < 4.78 is 16.3. The molecule has 2 N–H and O–H groups in total. The van der Waals surface area contributed by atoms with Crippen LogP contribution in [-0.2, 0) is 5.41 Å². The molecule has 0 aromatic heterocycles. The molecule has 1 aliphatic heterocycles. The average molecular weight is 249 g/mol. The Balaban J connectivity index is 2.12. The Morgan fingerprint density at radius 1 is 1.28 bits per heavy atom. The molecule has 3 rings (SSSR count). The van der Waals surface area contributed by atoms with Gasteiger partial charge in [0.25, 0.3) is 0 Å². The first-order chi connectivity index (χ1) is 8.54. The maximum Gasteiger partial charge on any atom is 0.231 e. The van der Waals surface area contributed by atoms with Crippen LogP contribution < -0.4 is 19.9 Å². The summed E-state index contributed by atoms with van der Waals surface area (Å²) in [6.07, 6.45) is 1.08. The minimum atomic E-state index is -0.000671. The SMILES string of the molecule is COc1cc2c(cc1C1(CN)CC1(C)C)OCO2. The highest BCUT2D eigenvalue weighted by Crippen LogP contribution is 2.66. The van der Waals surface area contributed by atoms with E-state index in [1.54, 1.807) is 7.11 Å². The Hall–Kier alpha value is -1.42. The predicted molar refractivity (Wildman–Crippen MR) is 68.2 cm³/mol. The third kappa shape index (κ3) is 1.35. The van der Waals surface area contributed by atoms with Crippen molar-refractivity contribution in [3.8, 4) is 17.2 Å². The van der Waals surface area contributed by atoms with E-state index >= 15 is 0 Å². The summed E-state index contributed by atoms with van der Waals surface area (Å²) in [7, 11) is 1.68. The molecule has 4 nitrogen and oxygen atoms in total. The van der Waals surface area contributed by atoms with Crippen LogP contribution in [0.2, 0.25) is 0 Å². The zero-order valence-corrected chi connectivity index (χ0v) is 11.1. The normalized spacial score (nSPS) is 27.1. The number of methoxy groups -OCH3 is 1. The van der Waals surface area contributed by atoms with E-state index in [0.717, 1.165) is 29.2 Å². The second-order valence-electron chi connectivity index (χ2n) is 5.75. The Kier molecular flexibility index (Phi) is 2.29. The Morgan fingerprint density at radius 2 is 1.89 bits per heavy atom. The molecule has 1 fully saturated rings. The van der Waals surface area contributed by atoms with E-state index in [4.69, 9.17) is 19.9 Å². The highest BCUT2D eigenvalue weighted by Gasteiger charge is 2.62. The van der Waals surface area contributed by atoms with Gasteiger partial charge in [-0.3, -0.25) is 0 Å². The molecule has 1 unspecified atom stereocenters. The van der Waals surface area contributed by atoms with Gasteiger partial charge in [0.1, 0.15) is 5.75 Å². The van der Waals surface area contributed by atoms with Crippen LogP contribution in [0.3, 0.4) is 0 Å². The molecule has 98 valence electrons. The molecule has 18 heavy (non-hydrogen) atoms. The molecule has 2 aliphatic rings. The van der Waals surface area contributed by atoms with Gasteiger partial charge in [0.05, 0.1) is 7.11 Å². The van der Waals surface area contributed by atoms with Crippen molar-refractivity contribution in [1.29, 1.82) is 0 Å². The summed E-state index contributed by atoms with van der Waals surface area (Å²) in [5.41, 5.74) is 7.37. The van der Waals surface area contributed by atoms with E-state index in [0.29, 0.717) is 6.54 Å². The van der Waals surface area contributed by atoms with Crippen molar-refractivity contribution in [3.63, 3.8) is 0 Å². The van der Waals surface area contributed by atoms with Crippen molar-refractivity contribution >= 4 is 0 Å². The quantitative estimate of drug-likeness (QED) is 0.890. The number of benzene rings is 1. The monoisotopic (exact) mass is 249 g/mol. The first-order valence-electron chi connectivity index (χ1n) is 6.22. The molecule has 1 aromatic carbocycles. The van der Waals surface area contributed by atoms with Crippen molar-refractivity contribution in [2.45, 2.75) is 25.7 Å². The summed E-state index contributed by atoms with van der Waals surface area (Å²) in [6.45, 7) is 5.38. The summed E-state index contributed by atoms with van der Waals surface area (Å²) >= 11 is 0. The fourth-order valence-corrected chi connectivity index (χ4v) is 3.09. The highest BCUT2D eigenvalue weighted by molar-refractivity contribution is 5.57. The zero-order chi connectivity index (χ0) is 13.0. The van der Waals surface area contributed by atoms with Crippen molar-refractivity contribution < 1.29 is 14.2 Å². The molecule has 1 aromatic rings. The summed E-state index contributed by atoms with van der Waals surface area (Å²) in [5.74, 6) is 2.39.